The number of hydrogen-bond donors (Lipinski definition) is 3. The molecule has 5 heterocycles. The minimum absolute atomic E-state index is 0.0552. The second-order valence-electron chi connectivity index (χ2n) is 13.3. The molecule has 3 nitrogen and oxygen atoms in total. The van der Waals surface area contributed by atoms with Gasteiger partial charge < -0.3 is 15.0 Å². The largest absolute Gasteiger partial charge is 0.361 e. The summed E-state index contributed by atoms with van der Waals surface area (Å²) in [4.78, 5) is 11.8. The zero-order chi connectivity index (χ0) is 31.4. The number of aromatic nitrogens is 3. The van der Waals surface area contributed by atoms with Crippen molar-refractivity contribution in [2.75, 3.05) is 0 Å². The Morgan fingerprint density at radius 2 is 0.872 bits per heavy atom. The first kappa shape index (κ1) is 28.8. The van der Waals surface area contributed by atoms with Gasteiger partial charge in [0, 0.05) is 53.0 Å². The zero-order valence-corrected chi connectivity index (χ0v) is 28.1. The molecular formula is C42H38N3PS. The van der Waals surface area contributed by atoms with E-state index in [1.54, 1.807) is 11.1 Å². The third-order valence-corrected chi connectivity index (χ3v) is 15.9. The summed E-state index contributed by atoms with van der Waals surface area (Å²) in [5.41, 5.74) is 13.0. The average Bonchev–Trinajstić information content (AvgIpc) is 3.93. The Balaban J connectivity index is 1.29. The van der Waals surface area contributed by atoms with Crippen molar-refractivity contribution in [1.29, 1.82) is 0 Å². The molecule has 2 aliphatic heterocycles. The first-order valence-electron chi connectivity index (χ1n) is 16.9. The van der Waals surface area contributed by atoms with Crippen LogP contribution >= 0.6 is 6.04 Å². The number of nitrogens with one attached hydrogen (secondary N) is 3. The second kappa shape index (κ2) is 11.7. The van der Waals surface area contributed by atoms with E-state index in [-0.39, 0.29) is 11.8 Å². The van der Waals surface area contributed by atoms with Gasteiger partial charge in [-0.25, -0.2) is 0 Å². The van der Waals surface area contributed by atoms with Crippen molar-refractivity contribution in [3.63, 3.8) is 0 Å². The van der Waals surface area contributed by atoms with Gasteiger partial charge in [0.2, 0.25) is 0 Å². The molecule has 0 spiro atoms. The minimum Gasteiger partial charge on any atom is -0.361 e. The minimum atomic E-state index is -2.21. The van der Waals surface area contributed by atoms with E-state index < -0.39 is 6.04 Å². The van der Waals surface area contributed by atoms with Crippen molar-refractivity contribution in [3.05, 3.63) is 194 Å². The van der Waals surface area contributed by atoms with Gasteiger partial charge >= 0.3 is 0 Å². The number of fused-ring (bicyclic) bond motifs is 9. The lowest BCUT2D eigenvalue weighted by molar-refractivity contribution is 0.674. The zero-order valence-electron chi connectivity index (χ0n) is 26.4. The summed E-state index contributed by atoms with van der Waals surface area (Å²) in [6, 6.07) is 44.5. The van der Waals surface area contributed by atoms with Crippen molar-refractivity contribution in [2.45, 2.75) is 50.4 Å². The Hall–Kier alpha value is -4.37. The highest BCUT2D eigenvalue weighted by atomic mass is 32.4. The molecule has 232 valence electrons. The maximum atomic E-state index is 7.08. The van der Waals surface area contributed by atoms with Gasteiger partial charge in [-0.1, -0.05) is 103 Å². The van der Waals surface area contributed by atoms with Crippen molar-refractivity contribution in [3.8, 4) is 0 Å². The first-order chi connectivity index (χ1) is 23.2. The fourth-order valence-corrected chi connectivity index (χ4v) is 13.4. The van der Waals surface area contributed by atoms with Crippen molar-refractivity contribution < 1.29 is 0 Å². The van der Waals surface area contributed by atoms with Gasteiger partial charge in [0.05, 0.1) is 11.8 Å². The van der Waals surface area contributed by atoms with Crippen LogP contribution in [0.3, 0.4) is 0 Å². The molecule has 2 atom stereocenters. The number of benzene rings is 3. The van der Waals surface area contributed by atoms with Gasteiger partial charge in [-0.3, -0.25) is 0 Å². The van der Waals surface area contributed by atoms with Crippen LogP contribution in [0.4, 0.5) is 0 Å². The van der Waals surface area contributed by atoms with Crippen LogP contribution < -0.4 is 5.30 Å². The van der Waals surface area contributed by atoms with Crippen LogP contribution in [0.1, 0.15) is 82.8 Å². The molecule has 0 amide bonds. The van der Waals surface area contributed by atoms with Crippen LogP contribution in [-0.2, 0) is 24.6 Å². The monoisotopic (exact) mass is 647 g/mol. The van der Waals surface area contributed by atoms with Gasteiger partial charge in [-0.15, -0.1) is 0 Å². The van der Waals surface area contributed by atoms with Gasteiger partial charge in [-0.05, 0) is 100 Å². The molecule has 9 rings (SSSR count). The highest BCUT2D eigenvalue weighted by molar-refractivity contribution is 8.22. The van der Waals surface area contributed by atoms with Gasteiger partial charge in [0.1, 0.15) is 0 Å². The lowest BCUT2D eigenvalue weighted by Crippen LogP contribution is -2.10. The standard InChI is InChI=1S/C42H38N3PS/c47-46(32-16-8-3-9-17-32)39-26-30-20-22-35(43-30)41(28-12-4-1-5-13-28)37-24-25-38(45-37)42(29-14-6-2-7-15-29)36-23-21-31(44-36)27-40(46)34-19-11-10-18-33(34)39/h1-9,12-17,20-25,41-45H,10-11,18-19,26-27H2. The summed E-state index contributed by atoms with van der Waals surface area (Å²) in [5.74, 6) is 0.110. The van der Waals surface area contributed by atoms with Crippen LogP contribution in [0.15, 0.2) is 149 Å². The summed E-state index contributed by atoms with van der Waals surface area (Å²) in [5, 5.41) is 4.35. The predicted molar refractivity (Wildman–Crippen MR) is 197 cm³/mol. The molecule has 47 heavy (non-hydrogen) atoms. The van der Waals surface area contributed by atoms with E-state index in [4.69, 9.17) is 11.8 Å². The molecule has 5 heteroatoms. The van der Waals surface area contributed by atoms with Gasteiger partial charge in [0.25, 0.3) is 0 Å². The molecular weight excluding hydrogens is 610 g/mol. The van der Waals surface area contributed by atoms with E-state index in [1.165, 1.54) is 74.1 Å². The number of hydrogen-bond acceptors (Lipinski definition) is 1. The topological polar surface area (TPSA) is 47.4 Å². The number of rotatable bonds is 3. The van der Waals surface area contributed by atoms with Crippen LogP contribution in [0.25, 0.3) is 0 Å². The molecule has 3 aromatic heterocycles. The Labute approximate surface area is 281 Å². The molecule has 0 saturated heterocycles. The molecule has 1 aliphatic carbocycles. The van der Waals surface area contributed by atoms with E-state index in [2.05, 4.69) is 142 Å². The number of H-pyrrole nitrogens is 3. The molecule has 3 aromatic carbocycles. The van der Waals surface area contributed by atoms with Crippen LogP contribution in [0.2, 0.25) is 0 Å². The summed E-state index contributed by atoms with van der Waals surface area (Å²) in [6.45, 7) is 0. The molecule has 8 bridgehead atoms. The Bertz CT molecular complexity index is 2050. The molecule has 1 saturated carbocycles. The highest BCUT2D eigenvalue weighted by Gasteiger charge is 2.41. The molecule has 6 aromatic rings. The summed E-state index contributed by atoms with van der Waals surface area (Å²) in [6.07, 6.45) is 6.50. The lowest BCUT2D eigenvalue weighted by atomic mass is 9.88. The average molecular weight is 648 g/mol. The third kappa shape index (κ3) is 4.89. The summed E-state index contributed by atoms with van der Waals surface area (Å²) in [7, 11) is 0. The van der Waals surface area contributed by atoms with Crippen molar-refractivity contribution in [2.24, 2.45) is 0 Å². The Morgan fingerprint density at radius 3 is 1.34 bits per heavy atom. The Morgan fingerprint density at radius 1 is 0.468 bits per heavy atom. The van der Waals surface area contributed by atoms with Crippen molar-refractivity contribution in [1.82, 2.24) is 15.0 Å². The maximum absolute atomic E-state index is 7.08. The normalized spacial score (nSPS) is 22.4. The van der Waals surface area contributed by atoms with E-state index in [0.29, 0.717) is 0 Å². The van der Waals surface area contributed by atoms with Crippen molar-refractivity contribution >= 4 is 23.1 Å². The fraction of sp³-hybridized carbons (Fsp3) is 0.190. The number of aromatic amines is 3. The van der Waals surface area contributed by atoms with Gasteiger partial charge in [-0.2, -0.15) is 0 Å². The van der Waals surface area contributed by atoms with E-state index >= 15 is 0 Å². The molecule has 3 N–H and O–H groups in total. The van der Waals surface area contributed by atoms with E-state index in [1.807, 2.05) is 0 Å². The predicted octanol–water partition coefficient (Wildman–Crippen LogP) is 10.0. The van der Waals surface area contributed by atoms with Crippen LogP contribution in [-0.4, -0.2) is 15.0 Å². The Kier molecular flexibility index (Phi) is 7.18. The molecule has 2 unspecified atom stereocenters. The smallest absolute Gasteiger partial charge is 0.0641 e. The third-order valence-electron chi connectivity index (χ3n) is 10.5. The number of allylic oxidation sites excluding steroid dienone is 4. The molecule has 0 radical (unpaired) electrons. The van der Waals surface area contributed by atoms with Crippen LogP contribution in [0.5, 0.6) is 0 Å². The summed E-state index contributed by atoms with van der Waals surface area (Å²) < 4.78 is 0. The molecule has 1 fully saturated rings. The molecule has 3 aliphatic rings. The maximum Gasteiger partial charge on any atom is 0.0641 e. The highest BCUT2D eigenvalue weighted by Crippen LogP contribution is 2.70. The van der Waals surface area contributed by atoms with E-state index in [9.17, 15) is 0 Å². The van der Waals surface area contributed by atoms with E-state index in [0.717, 1.165) is 25.7 Å². The second-order valence-corrected chi connectivity index (χ2v) is 17.7. The quantitative estimate of drug-likeness (QED) is 0.165. The fourth-order valence-electron chi connectivity index (χ4n) is 8.40. The summed E-state index contributed by atoms with van der Waals surface area (Å²) >= 11 is 7.08. The first-order valence-corrected chi connectivity index (χ1v) is 19.7. The lowest BCUT2D eigenvalue weighted by Gasteiger charge is -2.26. The van der Waals surface area contributed by atoms with Crippen LogP contribution in [0, 0.1) is 0 Å². The SMILES string of the molecule is S=P1(c2ccccc2)C2=C3CCCCC3=C1Cc1ccc([nH]1)C(c1ccccc1)c1ccc([nH]1)C(c1ccccc1)c1ccc([nH]1)C2. The van der Waals surface area contributed by atoms with Gasteiger partial charge in [0.15, 0.2) is 0 Å².